The van der Waals surface area contributed by atoms with Crippen LogP contribution in [0, 0.1) is 24.1 Å². The molecule has 0 saturated heterocycles. The number of anilines is 1. The average molecular weight is 426 g/mol. The van der Waals surface area contributed by atoms with Crippen molar-refractivity contribution < 1.29 is 56.2 Å². The minimum atomic E-state index is -0.293. The van der Waals surface area contributed by atoms with Gasteiger partial charge in [0.05, 0.1) is 5.56 Å². The number of aliphatic imine (C=N–C) groups is 1. The Balaban J connectivity index is 0.00000450. The van der Waals surface area contributed by atoms with Crippen molar-refractivity contribution in [2.24, 2.45) is 4.99 Å². The number of nitrogens with zero attached hydrogens (tertiary/aromatic N) is 3. The minimum absolute atomic E-state index is 0. The second-order valence-corrected chi connectivity index (χ2v) is 5.95. The van der Waals surface area contributed by atoms with E-state index in [4.69, 9.17) is 5.26 Å². The quantitative estimate of drug-likeness (QED) is 0.230. The van der Waals surface area contributed by atoms with Crippen LogP contribution in [-0.4, -0.2) is 23.7 Å². The van der Waals surface area contributed by atoms with Crippen LogP contribution < -0.4 is 67.3 Å². The zero-order chi connectivity index (χ0) is 21.1. The summed E-state index contributed by atoms with van der Waals surface area (Å²) in [7, 11) is 1.79. The van der Waals surface area contributed by atoms with E-state index in [0.717, 1.165) is 5.56 Å². The van der Waals surface area contributed by atoms with E-state index in [1.807, 2.05) is 31.2 Å². The van der Waals surface area contributed by atoms with E-state index in [1.54, 1.807) is 31.8 Å². The Morgan fingerprint density at radius 3 is 2.83 bits per heavy atom. The van der Waals surface area contributed by atoms with Gasteiger partial charge in [-0.1, -0.05) is 17.8 Å². The van der Waals surface area contributed by atoms with Crippen LogP contribution in [0.25, 0.3) is 0 Å². The Kier molecular flexibility index (Phi) is 11.9. The number of carbonyl (C=O) groups excluding carboxylic acids is 1. The van der Waals surface area contributed by atoms with Crippen LogP contribution in [0.3, 0.4) is 0 Å². The molecule has 30 heavy (non-hydrogen) atoms. The number of rotatable bonds is 9. The van der Waals surface area contributed by atoms with Crippen molar-refractivity contribution in [2.75, 3.05) is 12.4 Å². The summed E-state index contributed by atoms with van der Waals surface area (Å²) in [5.41, 5.74) is 2.96. The van der Waals surface area contributed by atoms with Gasteiger partial charge in [-0.2, -0.15) is 17.9 Å². The smallest absolute Gasteiger partial charge is 0.560 e. The first kappa shape index (κ1) is 25.8. The van der Waals surface area contributed by atoms with Crippen molar-refractivity contribution in [3.63, 3.8) is 0 Å². The Labute approximate surface area is 219 Å². The van der Waals surface area contributed by atoms with E-state index in [2.05, 4.69) is 38.7 Å². The molecule has 0 aliphatic carbocycles. The van der Waals surface area contributed by atoms with Crippen LogP contribution in [0.5, 0.6) is 0 Å². The molecule has 7 nitrogen and oxygen atoms in total. The van der Waals surface area contributed by atoms with Crippen LogP contribution in [0.4, 0.5) is 5.69 Å². The van der Waals surface area contributed by atoms with Gasteiger partial charge in [0.15, 0.2) is 0 Å². The first-order valence-corrected chi connectivity index (χ1v) is 8.88. The van der Waals surface area contributed by atoms with Crippen molar-refractivity contribution in [2.45, 2.75) is 13.0 Å². The van der Waals surface area contributed by atoms with Crippen LogP contribution in [0.2, 0.25) is 0 Å². The first-order chi connectivity index (χ1) is 14.1. The molecule has 0 radical (unpaired) electrons. The van der Waals surface area contributed by atoms with Gasteiger partial charge < -0.3 is 27.1 Å². The third-order valence-corrected chi connectivity index (χ3v) is 3.86. The van der Waals surface area contributed by atoms with Crippen LogP contribution in [0.15, 0.2) is 66.4 Å². The number of carbonyl (C=O) groups is 1. The van der Waals surface area contributed by atoms with Crippen molar-refractivity contribution in [1.29, 1.82) is 5.26 Å². The molecule has 0 fully saturated rings. The third kappa shape index (κ3) is 8.24. The van der Waals surface area contributed by atoms with Crippen molar-refractivity contribution in [1.82, 2.24) is 15.6 Å². The Morgan fingerprint density at radius 1 is 1.40 bits per heavy atom. The Hall–Kier alpha value is -2.25. The minimum Gasteiger partial charge on any atom is -0.560 e. The summed E-state index contributed by atoms with van der Waals surface area (Å²) in [5.74, 6) is -0.293. The number of nitrogens with one attached hydrogen (secondary N) is 3. The van der Waals surface area contributed by atoms with E-state index >= 15 is 0 Å². The number of hydrogen-bond donors (Lipinski definition) is 3. The molecule has 8 heteroatoms. The zero-order valence-corrected chi connectivity index (χ0v) is 20.4. The molecular weight excluding hydrogens is 403 g/mol. The molecule has 0 aliphatic heterocycles. The second kappa shape index (κ2) is 13.9. The molecule has 0 saturated carbocycles. The third-order valence-electron chi connectivity index (χ3n) is 3.86. The van der Waals surface area contributed by atoms with Crippen molar-refractivity contribution >= 4 is 17.3 Å². The molecule has 1 unspecified atom stereocenters. The maximum Gasteiger partial charge on any atom is 1.00 e. The molecule has 0 bridgehead atoms. The molecular formula is C22H22KN6O-. The summed E-state index contributed by atoms with van der Waals surface area (Å²) < 4.78 is 0. The van der Waals surface area contributed by atoms with Gasteiger partial charge in [-0.25, -0.2) is 4.98 Å². The van der Waals surface area contributed by atoms with Gasteiger partial charge >= 0.3 is 51.4 Å². The molecule has 1 atom stereocenters. The van der Waals surface area contributed by atoms with E-state index in [9.17, 15) is 4.79 Å². The fraction of sp³-hybridized carbons (Fsp3) is 0.136. The maximum absolute atomic E-state index is 12.4. The summed E-state index contributed by atoms with van der Waals surface area (Å²) >= 11 is 0. The largest absolute Gasteiger partial charge is 1.00 e. The summed E-state index contributed by atoms with van der Waals surface area (Å²) in [4.78, 5) is 20.5. The zero-order valence-electron chi connectivity index (χ0n) is 17.3. The standard InChI is InChI=1S/C22H22N6O.K/c1-4-19(15-24-3)26-11-10-25-16(2)17-6-5-7-20(12-17)28-22(29)18-8-9-21(13-23)27-14-18;/h4-9,11-12,14-16,24-25H,1H2,2-3H3,(H,28,29);/q-2;+1. The predicted octanol–water partition coefficient (Wildman–Crippen LogP) is 0.143. The maximum atomic E-state index is 12.4. The van der Waals surface area contributed by atoms with E-state index in [0.29, 0.717) is 17.0 Å². The number of amides is 1. The number of pyridine rings is 1. The van der Waals surface area contributed by atoms with E-state index in [1.165, 1.54) is 18.5 Å². The normalized spacial score (nSPS) is 11.7. The molecule has 1 heterocycles. The number of hydrogen-bond acceptors (Lipinski definition) is 6. The number of benzene rings is 1. The summed E-state index contributed by atoms with van der Waals surface area (Å²) in [6, 6.07) is 12.4. The second-order valence-electron chi connectivity index (χ2n) is 5.95. The van der Waals surface area contributed by atoms with Gasteiger partial charge in [0.2, 0.25) is 0 Å². The fourth-order valence-corrected chi connectivity index (χ4v) is 2.33. The topological polar surface area (TPSA) is 102 Å². The van der Waals surface area contributed by atoms with E-state index < -0.39 is 0 Å². The Morgan fingerprint density at radius 2 is 2.20 bits per heavy atom. The molecule has 1 aromatic carbocycles. The Bertz CT molecular complexity index is 947. The van der Waals surface area contributed by atoms with Crippen LogP contribution >= 0.6 is 0 Å². The SMILES string of the molecule is C=CC([CH-]NC)=NC=[C-]NC(C)c1cccc(NC(=O)c2ccc(C#N)nc2)c1.[K+]. The average Bonchev–Trinajstić information content (AvgIpc) is 2.75. The molecule has 1 amide bonds. The summed E-state index contributed by atoms with van der Waals surface area (Å²) in [6.45, 7) is 7.38. The summed E-state index contributed by atoms with van der Waals surface area (Å²) in [6.07, 6.45) is 7.47. The van der Waals surface area contributed by atoms with Gasteiger partial charge in [0, 0.05) is 17.9 Å². The monoisotopic (exact) mass is 425 g/mol. The van der Waals surface area contributed by atoms with Gasteiger partial charge in [0.1, 0.15) is 11.8 Å². The molecule has 0 spiro atoms. The van der Waals surface area contributed by atoms with Gasteiger partial charge in [-0.05, 0) is 43.8 Å². The molecule has 3 N–H and O–H groups in total. The van der Waals surface area contributed by atoms with Crippen molar-refractivity contribution in [3.8, 4) is 6.07 Å². The molecule has 148 valence electrons. The predicted molar refractivity (Wildman–Crippen MR) is 114 cm³/mol. The molecule has 2 rings (SSSR count). The molecule has 1 aromatic heterocycles. The number of nitriles is 1. The van der Waals surface area contributed by atoms with Gasteiger partial charge in [-0.15, -0.1) is 12.7 Å². The fourth-order valence-electron chi connectivity index (χ4n) is 2.33. The molecule has 0 aliphatic rings. The van der Waals surface area contributed by atoms with Crippen LogP contribution in [0.1, 0.15) is 34.6 Å². The first-order valence-electron chi connectivity index (χ1n) is 8.88. The van der Waals surface area contributed by atoms with Gasteiger partial charge in [0.25, 0.3) is 5.91 Å². The number of aromatic nitrogens is 1. The summed E-state index contributed by atoms with van der Waals surface area (Å²) in [5, 5.41) is 17.6. The van der Waals surface area contributed by atoms with Crippen LogP contribution in [-0.2, 0) is 0 Å². The van der Waals surface area contributed by atoms with E-state index in [-0.39, 0.29) is 69.0 Å². The van der Waals surface area contributed by atoms with Crippen molar-refractivity contribution in [3.05, 3.63) is 91.0 Å². The van der Waals surface area contributed by atoms with Gasteiger partial charge in [-0.3, -0.25) is 4.79 Å². The molecule has 2 aromatic rings.